The summed E-state index contributed by atoms with van der Waals surface area (Å²) in [7, 11) is 0. The number of hydrogen-bond acceptors (Lipinski definition) is 4. The number of halogens is 1. The molecule has 0 aliphatic rings. The van der Waals surface area contributed by atoms with E-state index in [2.05, 4.69) is 52.6 Å². The average molecular weight is 322 g/mol. The lowest BCUT2D eigenvalue weighted by Crippen LogP contribution is -2.02. The summed E-state index contributed by atoms with van der Waals surface area (Å²) in [4.78, 5) is 8.76. The molecule has 0 amide bonds. The lowest BCUT2D eigenvalue weighted by molar-refractivity contribution is 0.628. The highest BCUT2D eigenvalue weighted by Crippen LogP contribution is 2.22. The molecular weight excluding hydrogens is 303 g/mol. The Labute approximate surface area is 140 Å². The monoisotopic (exact) mass is 322 g/mol. The SMILES string of the molecule is Cc1cc(C)cc(Nc2cc(Nc3cccc(F)c3)nc(C)n2)c1. The van der Waals surface area contributed by atoms with Gasteiger partial charge in [0.1, 0.15) is 23.3 Å². The quantitative estimate of drug-likeness (QED) is 0.707. The van der Waals surface area contributed by atoms with Gasteiger partial charge in [-0.1, -0.05) is 12.1 Å². The van der Waals surface area contributed by atoms with Crippen molar-refractivity contribution < 1.29 is 4.39 Å². The van der Waals surface area contributed by atoms with Crippen LogP contribution < -0.4 is 10.6 Å². The Morgan fingerprint density at radius 1 is 0.750 bits per heavy atom. The Kier molecular flexibility index (Phi) is 4.42. The van der Waals surface area contributed by atoms with Crippen LogP contribution in [0.2, 0.25) is 0 Å². The van der Waals surface area contributed by atoms with Crippen LogP contribution in [0.15, 0.2) is 48.5 Å². The van der Waals surface area contributed by atoms with E-state index in [9.17, 15) is 4.39 Å². The molecule has 0 atom stereocenters. The molecule has 0 saturated heterocycles. The minimum atomic E-state index is -0.292. The summed E-state index contributed by atoms with van der Waals surface area (Å²) in [6, 6.07) is 14.3. The van der Waals surface area contributed by atoms with Crippen molar-refractivity contribution in [3.63, 3.8) is 0 Å². The van der Waals surface area contributed by atoms with E-state index in [0.29, 0.717) is 23.1 Å². The van der Waals surface area contributed by atoms with E-state index in [4.69, 9.17) is 0 Å². The molecule has 1 aromatic heterocycles. The zero-order chi connectivity index (χ0) is 17.1. The van der Waals surface area contributed by atoms with E-state index in [0.717, 1.165) is 5.69 Å². The zero-order valence-electron chi connectivity index (χ0n) is 13.9. The van der Waals surface area contributed by atoms with Crippen molar-refractivity contribution in [2.24, 2.45) is 0 Å². The Bertz CT molecular complexity index is 857. The molecule has 4 nitrogen and oxygen atoms in total. The van der Waals surface area contributed by atoms with Crippen LogP contribution in [0.25, 0.3) is 0 Å². The van der Waals surface area contributed by atoms with Gasteiger partial charge < -0.3 is 10.6 Å². The molecule has 5 heteroatoms. The highest BCUT2D eigenvalue weighted by atomic mass is 19.1. The lowest BCUT2D eigenvalue weighted by Gasteiger charge is -2.11. The van der Waals surface area contributed by atoms with Crippen LogP contribution in [0.4, 0.5) is 27.4 Å². The van der Waals surface area contributed by atoms with Crippen molar-refractivity contribution in [1.29, 1.82) is 0 Å². The predicted octanol–water partition coefficient (Wildman–Crippen LogP) is 5.03. The summed E-state index contributed by atoms with van der Waals surface area (Å²) in [6.07, 6.45) is 0. The molecule has 24 heavy (non-hydrogen) atoms. The maximum atomic E-state index is 13.3. The van der Waals surface area contributed by atoms with Crippen molar-refractivity contribution in [1.82, 2.24) is 9.97 Å². The van der Waals surface area contributed by atoms with E-state index >= 15 is 0 Å². The second-order valence-corrected chi connectivity index (χ2v) is 5.82. The predicted molar refractivity (Wildman–Crippen MR) is 95.7 cm³/mol. The number of nitrogens with one attached hydrogen (secondary N) is 2. The van der Waals surface area contributed by atoms with Crippen molar-refractivity contribution in [2.75, 3.05) is 10.6 Å². The van der Waals surface area contributed by atoms with Crippen LogP contribution >= 0.6 is 0 Å². The molecular formula is C19H19FN4. The third-order valence-electron chi connectivity index (χ3n) is 3.43. The fourth-order valence-electron chi connectivity index (χ4n) is 2.60. The Morgan fingerprint density at radius 2 is 1.38 bits per heavy atom. The molecule has 0 bridgehead atoms. The molecule has 2 N–H and O–H groups in total. The second kappa shape index (κ2) is 6.66. The number of aryl methyl sites for hydroxylation is 3. The highest BCUT2D eigenvalue weighted by Gasteiger charge is 2.05. The van der Waals surface area contributed by atoms with E-state index in [1.54, 1.807) is 18.2 Å². The summed E-state index contributed by atoms with van der Waals surface area (Å²) in [5, 5.41) is 6.40. The van der Waals surface area contributed by atoms with E-state index in [1.807, 2.05) is 6.92 Å². The van der Waals surface area contributed by atoms with E-state index < -0.39 is 0 Å². The van der Waals surface area contributed by atoms with Crippen molar-refractivity contribution in [2.45, 2.75) is 20.8 Å². The fourth-order valence-corrected chi connectivity index (χ4v) is 2.60. The van der Waals surface area contributed by atoms with Crippen molar-refractivity contribution in [3.8, 4) is 0 Å². The molecule has 1 heterocycles. The van der Waals surface area contributed by atoms with Gasteiger partial charge in [-0.15, -0.1) is 0 Å². The topological polar surface area (TPSA) is 49.8 Å². The van der Waals surface area contributed by atoms with E-state index in [-0.39, 0.29) is 5.82 Å². The van der Waals surface area contributed by atoms with Gasteiger partial charge in [0.25, 0.3) is 0 Å². The summed E-state index contributed by atoms with van der Waals surface area (Å²) in [5.41, 5.74) is 3.98. The summed E-state index contributed by atoms with van der Waals surface area (Å²) < 4.78 is 13.3. The molecule has 0 spiro atoms. The Morgan fingerprint density at radius 3 is 2.00 bits per heavy atom. The maximum absolute atomic E-state index is 13.3. The largest absolute Gasteiger partial charge is 0.340 e. The first-order valence-electron chi connectivity index (χ1n) is 7.71. The minimum Gasteiger partial charge on any atom is -0.340 e. The first-order valence-corrected chi connectivity index (χ1v) is 7.71. The molecule has 3 aromatic rings. The molecule has 0 saturated carbocycles. The minimum absolute atomic E-state index is 0.292. The first kappa shape index (κ1) is 15.9. The van der Waals surface area contributed by atoms with Crippen molar-refractivity contribution in [3.05, 3.63) is 71.3 Å². The fraction of sp³-hybridized carbons (Fsp3) is 0.158. The van der Waals surface area contributed by atoms with Crippen LogP contribution in [-0.4, -0.2) is 9.97 Å². The van der Waals surface area contributed by atoms with Crippen LogP contribution in [-0.2, 0) is 0 Å². The van der Waals surface area contributed by atoms with Crippen molar-refractivity contribution >= 4 is 23.0 Å². The van der Waals surface area contributed by atoms with Gasteiger partial charge in [0.05, 0.1) is 0 Å². The number of nitrogens with zero attached hydrogens (tertiary/aromatic N) is 2. The number of anilines is 4. The lowest BCUT2D eigenvalue weighted by atomic mass is 10.1. The summed E-state index contributed by atoms with van der Waals surface area (Å²) in [6.45, 7) is 5.93. The van der Waals surface area contributed by atoms with Gasteiger partial charge in [-0.2, -0.15) is 0 Å². The molecule has 2 aromatic carbocycles. The van der Waals surface area contributed by atoms with Gasteiger partial charge in [0, 0.05) is 17.4 Å². The normalized spacial score (nSPS) is 10.5. The molecule has 0 aliphatic carbocycles. The maximum Gasteiger partial charge on any atom is 0.136 e. The summed E-state index contributed by atoms with van der Waals surface area (Å²) in [5.74, 6) is 1.63. The molecule has 0 fully saturated rings. The molecule has 3 rings (SSSR count). The van der Waals surface area contributed by atoms with Gasteiger partial charge >= 0.3 is 0 Å². The summed E-state index contributed by atoms with van der Waals surface area (Å²) >= 11 is 0. The highest BCUT2D eigenvalue weighted by molar-refractivity contribution is 5.64. The molecule has 122 valence electrons. The smallest absolute Gasteiger partial charge is 0.136 e. The Hall–Kier alpha value is -2.95. The van der Waals surface area contributed by atoms with Gasteiger partial charge in [-0.3, -0.25) is 0 Å². The van der Waals surface area contributed by atoms with Gasteiger partial charge in [0.15, 0.2) is 0 Å². The van der Waals surface area contributed by atoms with Crippen LogP contribution in [0.3, 0.4) is 0 Å². The standard InChI is InChI=1S/C19H19FN4/c1-12-7-13(2)9-17(8-12)24-19-11-18(21-14(3)22-19)23-16-6-4-5-15(20)10-16/h4-11H,1-3H3,(H2,21,22,23,24). The Balaban J connectivity index is 1.85. The number of aromatic nitrogens is 2. The molecule has 0 radical (unpaired) electrons. The van der Waals surface area contributed by atoms with Gasteiger partial charge in [-0.05, 0) is 62.2 Å². The number of rotatable bonds is 4. The van der Waals surface area contributed by atoms with Gasteiger partial charge in [0.2, 0.25) is 0 Å². The average Bonchev–Trinajstić information content (AvgIpc) is 2.45. The first-order chi connectivity index (χ1) is 11.5. The number of hydrogen-bond donors (Lipinski definition) is 2. The number of benzene rings is 2. The molecule has 0 aliphatic heterocycles. The zero-order valence-corrected chi connectivity index (χ0v) is 13.9. The third kappa shape index (κ3) is 4.07. The van der Waals surface area contributed by atoms with Crippen LogP contribution in [0.5, 0.6) is 0 Å². The molecule has 0 unspecified atom stereocenters. The third-order valence-corrected chi connectivity index (χ3v) is 3.43. The van der Waals surface area contributed by atoms with Crippen LogP contribution in [0, 0.1) is 26.6 Å². The van der Waals surface area contributed by atoms with E-state index in [1.165, 1.54) is 23.3 Å². The van der Waals surface area contributed by atoms with Gasteiger partial charge in [-0.25, -0.2) is 14.4 Å². The van der Waals surface area contributed by atoms with Crippen LogP contribution in [0.1, 0.15) is 17.0 Å². The second-order valence-electron chi connectivity index (χ2n) is 5.82.